The minimum atomic E-state index is 0.0620. The van der Waals surface area contributed by atoms with E-state index in [9.17, 15) is 4.79 Å². The number of hydrogen-bond donors (Lipinski definition) is 1. The third-order valence-electron chi connectivity index (χ3n) is 4.72. The first-order valence-electron chi connectivity index (χ1n) is 8.54. The maximum Gasteiger partial charge on any atom is 0.254 e. The van der Waals surface area contributed by atoms with Crippen molar-refractivity contribution in [2.45, 2.75) is 50.8 Å². The molecule has 1 aromatic rings. The summed E-state index contributed by atoms with van der Waals surface area (Å²) in [5.41, 5.74) is 6.66. The van der Waals surface area contributed by atoms with E-state index in [1.54, 1.807) is 0 Å². The fraction of sp³-hybridized carbons (Fsp3) is 0.611. The van der Waals surface area contributed by atoms with Crippen LogP contribution in [0.5, 0.6) is 5.75 Å². The summed E-state index contributed by atoms with van der Waals surface area (Å²) in [6.07, 6.45) is 4.05. The van der Waals surface area contributed by atoms with Crippen LogP contribution in [0.3, 0.4) is 0 Å². The number of nitrogens with zero attached hydrogens (tertiary/aromatic N) is 1. The van der Waals surface area contributed by atoms with Gasteiger partial charge in [-0.15, -0.1) is 0 Å². The second-order valence-corrected chi connectivity index (χ2v) is 6.61. The number of piperidine rings is 1. The molecule has 0 saturated carbocycles. The zero-order chi connectivity index (χ0) is 16.2. The Morgan fingerprint density at radius 3 is 3.04 bits per heavy atom. The molecule has 3 atom stereocenters. The normalized spacial score (nSPS) is 27.9. The molecule has 23 heavy (non-hydrogen) atoms. The van der Waals surface area contributed by atoms with E-state index in [2.05, 4.69) is 6.92 Å². The van der Waals surface area contributed by atoms with E-state index in [1.807, 2.05) is 29.2 Å². The summed E-state index contributed by atoms with van der Waals surface area (Å²) in [4.78, 5) is 14.7. The zero-order valence-electron chi connectivity index (χ0n) is 13.7. The fourth-order valence-electron chi connectivity index (χ4n) is 3.36. The number of nitrogens with two attached hydrogens (primary N) is 1. The Bertz CT molecular complexity index is 543. The number of amides is 1. The Hall–Kier alpha value is -1.59. The van der Waals surface area contributed by atoms with Crippen molar-refractivity contribution in [3.63, 3.8) is 0 Å². The summed E-state index contributed by atoms with van der Waals surface area (Å²) in [7, 11) is 0. The van der Waals surface area contributed by atoms with Crippen LogP contribution in [-0.4, -0.2) is 48.8 Å². The highest BCUT2D eigenvalue weighted by Crippen LogP contribution is 2.22. The van der Waals surface area contributed by atoms with Crippen LogP contribution in [0.4, 0.5) is 0 Å². The molecular formula is C18H26N2O3. The van der Waals surface area contributed by atoms with Crippen LogP contribution in [0, 0.1) is 0 Å². The van der Waals surface area contributed by atoms with Crippen molar-refractivity contribution in [3.05, 3.63) is 29.8 Å². The van der Waals surface area contributed by atoms with Crippen LogP contribution < -0.4 is 10.5 Å². The Labute approximate surface area is 137 Å². The van der Waals surface area contributed by atoms with Gasteiger partial charge in [-0.05, 0) is 50.8 Å². The van der Waals surface area contributed by atoms with Crippen molar-refractivity contribution in [3.8, 4) is 5.75 Å². The highest BCUT2D eigenvalue weighted by molar-refractivity contribution is 5.94. The summed E-state index contributed by atoms with van der Waals surface area (Å²) in [5, 5.41) is 0. The van der Waals surface area contributed by atoms with Crippen molar-refractivity contribution < 1.29 is 14.3 Å². The first kappa shape index (κ1) is 16.3. The van der Waals surface area contributed by atoms with E-state index >= 15 is 0 Å². The summed E-state index contributed by atoms with van der Waals surface area (Å²) in [5.74, 6) is 0.791. The fourth-order valence-corrected chi connectivity index (χ4v) is 3.36. The lowest BCUT2D eigenvalue weighted by molar-refractivity contribution is 0.0616. The summed E-state index contributed by atoms with van der Waals surface area (Å²) in [6, 6.07) is 7.83. The van der Waals surface area contributed by atoms with Crippen molar-refractivity contribution in [2.75, 3.05) is 19.8 Å². The average Bonchev–Trinajstić information content (AvgIpc) is 3.06. The number of carbonyl (C=O) groups is 1. The molecule has 2 saturated heterocycles. The zero-order valence-corrected chi connectivity index (χ0v) is 13.7. The molecule has 1 amide bonds. The van der Waals surface area contributed by atoms with Gasteiger partial charge in [-0.25, -0.2) is 0 Å². The van der Waals surface area contributed by atoms with E-state index in [0.29, 0.717) is 12.2 Å². The lowest BCUT2D eigenvalue weighted by Gasteiger charge is -2.36. The van der Waals surface area contributed by atoms with Gasteiger partial charge in [-0.2, -0.15) is 0 Å². The van der Waals surface area contributed by atoms with Gasteiger partial charge in [0.15, 0.2) is 0 Å². The summed E-state index contributed by atoms with van der Waals surface area (Å²) >= 11 is 0. The molecule has 3 rings (SSSR count). The number of carbonyl (C=O) groups excluding carboxylic acids is 1. The number of benzene rings is 1. The lowest BCUT2D eigenvalue weighted by Crippen LogP contribution is -2.48. The third kappa shape index (κ3) is 4.03. The van der Waals surface area contributed by atoms with Gasteiger partial charge in [-0.1, -0.05) is 6.07 Å². The molecule has 0 aliphatic carbocycles. The Morgan fingerprint density at radius 1 is 1.43 bits per heavy atom. The molecule has 0 unspecified atom stereocenters. The van der Waals surface area contributed by atoms with Gasteiger partial charge in [0.1, 0.15) is 12.4 Å². The summed E-state index contributed by atoms with van der Waals surface area (Å²) < 4.78 is 11.4. The van der Waals surface area contributed by atoms with Crippen molar-refractivity contribution in [1.29, 1.82) is 0 Å². The third-order valence-corrected chi connectivity index (χ3v) is 4.72. The predicted octanol–water partition coefficient (Wildman–Crippen LogP) is 2.20. The maximum absolute atomic E-state index is 12.7. The SMILES string of the molecule is C[C@@H]1C[C@H](N)CCN1C(=O)c1cccc(OC[C@H]2CCCO2)c1. The van der Waals surface area contributed by atoms with E-state index in [1.165, 1.54) is 0 Å². The van der Waals surface area contributed by atoms with Crippen molar-refractivity contribution in [2.24, 2.45) is 5.73 Å². The molecule has 0 bridgehead atoms. The molecule has 0 radical (unpaired) electrons. The molecule has 2 aliphatic rings. The predicted molar refractivity (Wildman–Crippen MR) is 88.6 cm³/mol. The van der Waals surface area contributed by atoms with Crippen LogP contribution in [0.15, 0.2) is 24.3 Å². The van der Waals surface area contributed by atoms with Crippen LogP contribution in [0.2, 0.25) is 0 Å². The first-order valence-corrected chi connectivity index (χ1v) is 8.54. The van der Waals surface area contributed by atoms with E-state index < -0.39 is 0 Å². The van der Waals surface area contributed by atoms with Gasteiger partial charge >= 0.3 is 0 Å². The largest absolute Gasteiger partial charge is 0.491 e. The van der Waals surface area contributed by atoms with E-state index in [4.69, 9.17) is 15.2 Å². The number of hydrogen-bond acceptors (Lipinski definition) is 4. The Kier molecular flexibility index (Phi) is 5.18. The minimum Gasteiger partial charge on any atom is -0.491 e. The molecule has 2 fully saturated rings. The van der Waals surface area contributed by atoms with Gasteiger partial charge in [0.25, 0.3) is 5.91 Å². The van der Waals surface area contributed by atoms with Crippen LogP contribution in [0.1, 0.15) is 43.0 Å². The molecule has 2 N–H and O–H groups in total. The smallest absolute Gasteiger partial charge is 0.254 e. The first-order chi connectivity index (χ1) is 11.1. The minimum absolute atomic E-state index is 0.0620. The van der Waals surface area contributed by atoms with E-state index in [0.717, 1.165) is 44.6 Å². The van der Waals surface area contributed by atoms with Gasteiger partial charge in [0.2, 0.25) is 0 Å². The molecule has 5 nitrogen and oxygen atoms in total. The topological polar surface area (TPSA) is 64.8 Å². The second kappa shape index (κ2) is 7.32. The van der Waals surface area contributed by atoms with Gasteiger partial charge in [0, 0.05) is 30.8 Å². The maximum atomic E-state index is 12.7. The molecule has 0 aromatic heterocycles. The molecular weight excluding hydrogens is 292 g/mol. The van der Waals surface area contributed by atoms with Crippen LogP contribution >= 0.6 is 0 Å². The van der Waals surface area contributed by atoms with Gasteiger partial charge in [-0.3, -0.25) is 4.79 Å². The van der Waals surface area contributed by atoms with Gasteiger partial charge in [0.05, 0.1) is 6.10 Å². The second-order valence-electron chi connectivity index (χ2n) is 6.61. The van der Waals surface area contributed by atoms with Gasteiger partial charge < -0.3 is 20.1 Å². The number of likely N-dealkylation sites (tertiary alicyclic amines) is 1. The Morgan fingerprint density at radius 2 is 2.30 bits per heavy atom. The molecule has 2 heterocycles. The highest BCUT2D eigenvalue weighted by Gasteiger charge is 2.27. The Balaban J connectivity index is 1.62. The highest BCUT2D eigenvalue weighted by atomic mass is 16.5. The quantitative estimate of drug-likeness (QED) is 0.924. The van der Waals surface area contributed by atoms with Crippen LogP contribution in [-0.2, 0) is 4.74 Å². The molecule has 0 spiro atoms. The summed E-state index contributed by atoms with van der Waals surface area (Å²) in [6.45, 7) is 4.16. The average molecular weight is 318 g/mol. The number of ether oxygens (including phenoxy) is 2. The monoisotopic (exact) mass is 318 g/mol. The van der Waals surface area contributed by atoms with Crippen molar-refractivity contribution in [1.82, 2.24) is 4.90 Å². The van der Waals surface area contributed by atoms with Crippen molar-refractivity contribution >= 4 is 5.91 Å². The van der Waals surface area contributed by atoms with Crippen LogP contribution in [0.25, 0.3) is 0 Å². The molecule has 2 aliphatic heterocycles. The number of rotatable bonds is 4. The standard InChI is InChI=1S/C18H26N2O3/c1-13-10-15(19)7-8-20(13)18(21)14-4-2-5-16(11-14)23-12-17-6-3-9-22-17/h2,4-5,11,13,15,17H,3,6-10,12,19H2,1H3/t13-,15-,17-/m1/s1. The molecule has 1 aromatic carbocycles. The van der Waals surface area contributed by atoms with E-state index in [-0.39, 0.29) is 24.1 Å². The molecule has 5 heteroatoms. The molecule has 126 valence electrons. The lowest BCUT2D eigenvalue weighted by atomic mass is 9.98.